The third-order valence-electron chi connectivity index (χ3n) is 6.47. The maximum absolute atomic E-state index is 12.3. The zero-order valence-electron chi connectivity index (χ0n) is 12.5. The van der Waals surface area contributed by atoms with Crippen LogP contribution in [0.15, 0.2) is 0 Å². The van der Waals surface area contributed by atoms with Gasteiger partial charge in [-0.05, 0) is 81.1 Å². The molecule has 1 heterocycles. The summed E-state index contributed by atoms with van der Waals surface area (Å²) in [4.78, 5) is 12.3. The molecule has 0 aromatic heterocycles. The quantitative estimate of drug-likeness (QED) is 0.830. The first-order valence-corrected chi connectivity index (χ1v) is 8.71. The zero-order valence-corrected chi connectivity index (χ0v) is 12.5. The van der Waals surface area contributed by atoms with Crippen LogP contribution in [-0.2, 0) is 4.79 Å². The molecule has 112 valence electrons. The molecule has 5 fully saturated rings. The first-order valence-electron chi connectivity index (χ1n) is 8.71. The van der Waals surface area contributed by atoms with Crippen LogP contribution in [0, 0.1) is 29.1 Å². The molecule has 0 aromatic rings. The molecule has 0 aromatic carbocycles. The van der Waals surface area contributed by atoms with Crippen LogP contribution in [0.2, 0.25) is 0 Å². The van der Waals surface area contributed by atoms with Gasteiger partial charge in [-0.3, -0.25) is 4.79 Å². The minimum atomic E-state index is 0.220. The second kappa shape index (κ2) is 5.01. The molecule has 4 bridgehead atoms. The molecular formula is C17H28N2O. The summed E-state index contributed by atoms with van der Waals surface area (Å²) in [5.41, 5.74) is 0.479. The summed E-state index contributed by atoms with van der Waals surface area (Å²) in [6.45, 7) is 2.93. The molecule has 1 aliphatic heterocycles. The van der Waals surface area contributed by atoms with Crippen molar-refractivity contribution in [2.75, 3.05) is 19.6 Å². The summed E-state index contributed by atoms with van der Waals surface area (Å²) in [6, 6.07) is 0. The van der Waals surface area contributed by atoms with Crippen LogP contribution in [0.3, 0.4) is 0 Å². The van der Waals surface area contributed by atoms with Gasteiger partial charge in [0, 0.05) is 13.1 Å². The highest BCUT2D eigenvalue weighted by molar-refractivity contribution is 5.79. The van der Waals surface area contributed by atoms with Crippen LogP contribution in [-0.4, -0.2) is 25.5 Å². The van der Waals surface area contributed by atoms with Gasteiger partial charge in [0.25, 0.3) is 0 Å². The summed E-state index contributed by atoms with van der Waals surface area (Å²) < 4.78 is 0. The van der Waals surface area contributed by atoms with E-state index in [2.05, 4.69) is 10.6 Å². The van der Waals surface area contributed by atoms with E-state index in [1.165, 1.54) is 38.5 Å². The molecule has 0 spiro atoms. The van der Waals surface area contributed by atoms with Gasteiger partial charge in [-0.15, -0.1) is 0 Å². The highest BCUT2D eigenvalue weighted by Crippen LogP contribution is 2.59. The van der Waals surface area contributed by atoms with E-state index >= 15 is 0 Å². The van der Waals surface area contributed by atoms with Crippen molar-refractivity contribution in [3.8, 4) is 0 Å². The lowest BCUT2D eigenvalue weighted by Gasteiger charge is -2.57. The number of amides is 1. The van der Waals surface area contributed by atoms with Crippen molar-refractivity contribution in [2.24, 2.45) is 29.1 Å². The summed E-state index contributed by atoms with van der Waals surface area (Å²) in [7, 11) is 0. The van der Waals surface area contributed by atoms with Gasteiger partial charge in [0.15, 0.2) is 0 Å². The molecule has 4 saturated carbocycles. The first kappa shape index (κ1) is 13.1. The van der Waals surface area contributed by atoms with Gasteiger partial charge in [0.05, 0.1) is 5.92 Å². The summed E-state index contributed by atoms with van der Waals surface area (Å²) in [5.74, 6) is 3.48. The summed E-state index contributed by atoms with van der Waals surface area (Å²) >= 11 is 0. The molecule has 0 radical (unpaired) electrons. The highest BCUT2D eigenvalue weighted by Gasteiger charge is 2.50. The van der Waals surface area contributed by atoms with E-state index in [0.29, 0.717) is 11.3 Å². The molecule has 1 amide bonds. The molecule has 1 atom stereocenters. The Kier molecular flexibility index (Phi) is 3.29. The number of carbonyl (C=O) groups excluding carboxylic acids is 1. The Morgan fingerprint density at radius 2 is 1.75 bits per heavy atom. The number of rotatable bonds is 3. The van der Waals surface area contributed by atoms with Crippen LogP contribution in [0.25, 0.3) is 0 Å². The van der Waals surface area contributed by atoms with E-state index in [1.54, 1.807) is 0 Å². The standard InChI is InChI=1S/C17H28N2O/c20-16(15-2-1-3-18-10-15)19-11-17-7-12-4-13(8-17)6-14(5-12)9-17/h12-15,18H,1-11H2,(H,19,20). The van der Waals surface area contributed by atoms with Gasteiger partial charge in [0.1, 0.15) is 0 Å². The molecule has 1 saturated heterocycles. The fourth-order valence-corrected chi connectivity index (χ4v) is 6.00. The van der Waals surface area contributed by atoms with E-state index in [-0.39, 0.29) is 5.92 Å². The normalized spacial score (nSPS) is 46.4. The smallest absolute Gasteiger partial charge is 0.224 e. The van der Waals surface area contributed by atoms with Crippen LogP contribution in [0.5, 0.6) is 0 Å². The lowest BCUT2D eigenvalue weighted by Crippen LogP contribution is -2.52. The van der Waals surface area contributed by atoms with Gasteiger partial charge in [-0.25, -0.2) is 0 Å². The van der Waals surface area contributed by atoms with Gasteiger partial charge in [0.2, 0.25) is 5.91 Å². The first-order chi connectivity index (χ1) is 9.72. The number of nitrogens with one attached hydrogen (secondary N) is 2. The predicted octanol–water partition coefficient (Wildman–Crippen LogP) is 2.32. The Labute approximate surface area is 122 Å². The monoisotopic (exact) mass is 276 g/mol. The largest absolute Gasteiger partial charge is 0.355 e. The van der Waals surface area contributed by atoms with Crippen molar-refractivity contribution in [3.63, 3.8) is 0 Å². The number of carbonyl (C=O) groups is 1. The molecular weight excluding hydrogens is 248 g/mol. The lowest BCUT2D eigenvalue weighted by atomic mass is 9.49. The van der Waals surface area contributed by atoms with Crippen molar-refractivity contribution in [2.45, 2.75) is 51.4 Å². The fraction of sp³-hybridized carbons (Fsp3) is 0.941. The van der Waals surface area contributed by atoms with Gasteiger partial charge >= 0.3 is 0 Å². The maximum Gasteiger partial charge on any atom is 0.224 e. The number of hydrogen-bond donors (Lipinski definition) is 2. The van der Waals surface area contributed by atoms with E-state index in [0.717, 1.165) is 50.2 Å². The van der Waals surface area contributed by atoms with Crippen molar-refractivity contribution >= 4 is 5.91 Å². The summed E-state index contributed by atoms with van der Waals surface area (Å²) in [5, 5.41) is 6.68. The summed E-state index contributed by atoms with van der Waals surface area (Å²) in [6.07, 6.45) is 10.8. The highest BCUT2D eigenvalue weighted by atomic mass is 16.1. The second-order valence-corrected chi connectivity index (χ2v) is 8.18. The Morgan fingerprint density at radius 1 is 1.10 bits per heavy atom. The van der Waals surface area contributed by atoms with E-state index < -0.39 is 0 Å². The molecule has 3 heteroatoms. The van der Waals surface area contributed by atoms with Gasteiger partial charge < -0.3 is 10.6 Å². The van der Waals surface area contributed by atoms with Crippen LogP contribution >= 0.6 is 0 Å². The number of hydrogen-bond acceptors (Lipinski definition) is 2. The molecule has 5 aliphatic rings. The molecule has 3 nitrogen and oxygen atoms in total. The fourth-order valence-electron chi connectivity index (χ4n) is 6.00. The molecule has 4 aliphatic carbocycles. The third kappa shape index (κ3) is 2.38. The minimum absolute atomic E-state index is 0.220. The third-order valence-corrected chi connectivity index (χ3v) is 6.47. The molecule has 1 unspecified atom stereocenters. The zero-order chi connectivity index (χ0) is 13.6. The Bertz CT molecular complexity index is 351. The topological polar surface area (TPSA) is 41.1 Å². The second-order valence-electron chi connectivity index (χ2n) is 8.18. The van der Waals surface area contributed by atoms with Gasteiger partial charge in [-0.2, -0.15) is 0 Å². The van der Waals surface area contributed by atoms with E-state index in [9.17, 15) is 4.79 Å². The van der Waals surface area contributed by atoms with E-state index in [4.69, 9.17) is 0 Å². The van der Waals surface area contributed by atoms with Gasteiger partial charge in [-0.1, -0.05) is 0 Å². The molecule has 20 heavy (non-hydrogen) atoms. The maximum atomic E-state index is 12.3. The van der Waals surface area contributed by atoms with Crippen LogP contribution in [0.4, 0.5) is 0 Å². The molecule has 5 rings (SSSR count). The lowest BCUT2D eigenvalue weighted by molar-refractivity contribution is -0.127. The average molecular weight is 276 g/mol. The minimum Gasteiger partial charge on any atom is -0.355 e. The van der Waals surface area contributed by atoms with Crippen molar-refractivity contribution in [1.29, 1.82) is 0 Å². The average Bonchev–Trinajstić information content (AvgIpc) is 2.44. The number of piperidine rings is 1. The van der Waals surface area contributed by atoms with Crippen molar-refractivity contribution in [1.82, 2.24) is 10.6 Å². The SMILES string of the molecule is O=C(NCC12CC3CC(CC(C3)C1)C2)C1CCCNC1. The van der Waals surface area contributed by atoms with E-state index in [1.807, 2.05) is 0 Å². The Morgan fingerprint density at radius 3 is 2.30 bits per heavy atom. The van der Waals surface area contributed by atoms with Crippen molar-refractivity contribution < 1.29 is 4.79 Å². The van der Waals surface area contributed by atoms with Crippen molar-refractivity contribution in [3.05, 3.63) is 0 Å². The Balaban J connectivity index is 1.36. The van der Waals surface area contributed by atoms with Crippen LogP contribution < -0.4 is 10.6 Å². The Hall–Kier alpha value is -0.570. The molecule has 2 N–H and O–H groups in total. The predicted molar refractivity (Wildman–Crippen MR) is 79.2 cm³/mol. The van der Waals surface area contributed by atoms with Crippen LogP contribution in [0.1, 0.15) is 51.4 Å².